The Kier molecular flexibility index (Phi) is 3.66. The third-order valence-electron chi connectivity index (χ3n) is 2.60. The van der Waals surface area contributed by atoms with Crippen LogP contribution in [0.3, 0.4) is 0 Å². The zero-order valence-electron chi connectivity index (χ0n) is 9.94. The van der Waals surface area contributed by atoms with Crippen molar-refractivity contribution in [3.05, 3.63) is 40.7 Å². The fourth-order valence-corrected chi connectivity index (χ4v) is 2.58. The van der Waals surface area contributed by atoms with Gasteiger partial charge in [0, 0.05) is 28.7 Å². The van der Waals surface area contributed by atoms with Gasteiger partial charge in [0.1, 0.15) is 5.25 Å². The molecule has 0 aliphatic rings. The van der Waals surface area contributed by atoms with Gasteiger partial charge in [-0.15, -0.1) is 11.8 Å². The summed E-state index contributed by atoms with van der Waals surface area (Å²) in [5.41, 5.74) is -0.0320. The van der Waals surface area contributed by atoms with Gasteiger partial charge in [-0.25, -0.2) is 0 Å². The number of hydrogen-bond acceptors (Lipinski definition) is 5. The molecule has 2 aromatic rings. The Balaban J connectivity index is 2.55. The van der Waals surface area contributed by atoms with E-state index in [-0.39, 0.29) is 5.69 Å². The lowest BCUT2D eigenvalue weighted by atomic mass is 10.1. The van der Waals surface area contributed by atoms with Crippen LogP contribution in [0.4, 0.5) is 5.69 Å². The summed E-state index contributed by atoms with van der Waals surface area (Å²) in [7, 11) is 0. The van der Waals surface area contributed by atoms with Gasteiger partial charge in [-0.3, -0.25) is 19.9 Å². The number of nitrogens with zero attached hydrogens (tertiary/aromatic N) is 2. The molecule has 1 atom stereocenters. The topological polar surface area (TPSA) is 93.3 Å². The van der Waals surface area contributed by atoms with E-state index in [0.29, 0.717) is 15.7 Å². The van der Waals surface area contributed by atoms with Gasteiger partial charge in [0.2, 0.25) is 0 Å². The van der Waals surface area contributed by atoms with E-state index in [0.717, 1.165) is 11.8 Å². The maximum atomic E-state index is 10.9. The molecule has 0 radical (unpaired) electrons. The van der Waals surface area contributed by atoms with E-state index in [1.54, 1.807) is 19.1 Å². The minimum absolute atomic E-state index is 0.0320. The van der Waals surface area contributed by atoms with E-state index >= 15 is 0 Å². The second kappa shape index (κ2) is 5.23. The molecule has 6 nitrogen and oxygen atoms in total. The summed E-state index contributed by atoms with van der Waals surface area (Å²) in [6, 6.07) is 4.60. The van der Waals surface area contributed by atoms with Crippen LogP contribution in [0.25, 0.3) is 10.8 Å². The molecule has 0 aliphatic carbocycles. The number of carbonyl (C=O) groups is 1. The number of benzene rings is 1. The molecule has 98 valence electrons. The van der Waals surface area contributed by atoms with Crippen LogP contribution in [0.5, 0.6) is 0 Å². The zero-order chi connectivity index (χ0) is 14.0. The van der Waals surface area contributed by atoms with Gasteiger partial charge in [0.05, 0.1) is 10.3 Å². The van der Waals surface area contributed by atoms with Gasteiger partial charge >= 0.3 is 5.97 Å². The Morgan fingerprint density at radius 2 is 2.16 bits per heavy atom. The molecule has 1 heterocycles. The molecule has 7 heteroatoms. The third kappa shape index (κ3) is 2.65. The number of thioether (sulfide) groups is 1. The van der Waals surface area contributed by atoms with E-state index in [9.17, 15) is 14.9 Å². The lowest BCUT2D eigenvalue weighted by Gasteiger charge is -2.09. The standard InChI is InChI=1S/C12H10N2O4S/c1-7(12(15)16)19-11-3-2-10(14(17)18)9-6-13-5-4-8(9)11/h2-7H,1H3,(H,15,16). The Hall–Kier alpha value is -2.15. The van der Waals surface area contributed by atoms with E-state index in [2.05, 4.69) is 4.98 Å². The number of nitro benzene ring substituents is 1. The fourth-order valence-electron chi connectivity index (χ4n) is 1.65. The van der Waals surface area contributed by atoms with Gasteiger partial charge in [0.15, 0.2) is 0 Å². The summed E-state index contributed by atoms with van der Waals surface area (Å²) in [5.74, 6) is -0.925. The second-order valence-corrected chi connectivity index (χ2v) is 5.24. The van der Waals surface area contributed by atoms with Crippen LogP contribution in [0.1, 0.15) is 6.92 Å². The van der Waals surface area contributed by atoms with Gasteiger partial charge in [0.25, 0.3) is 5.69 Å². The highest BCUT2D eigenvalue weighted by molar-refractivity contribution is 8.00. The first-order valence-electron chi connectivity index (χ1n) is 5.41. The van der Waals surface area contributed by atoms with E-state index in [1.807, 2.05) is 0 Å². The Morgan fingerprint density at radius 1 is 1.42 bits per heavy atom. The Labute approximate surface area is 112 Å². The number of nitro groups is 1. The van der Waals surface area contributed by atoms with Gasteiger partial charge < -0.3 is 5.11 Å². The number of pyridine rings is 1. The van der Waals surface area contributed by atoms with E-state index < -0.39 is 16.1 Å². The number of carboxylic acids is 1. The number of aromatic nitrogens is 1. The van der Waals surface area contributed by atoms with Crippen molar-refractivity contribution in [3.63, 3.8) is 0 Å². The highest BCUT2D eigenvalue weighted by atomic mass is 32.2. The molecule has 1 aromatic heterocycles. The highest BCUT2D eigenvalue weighted by Crippen LogP contribution is 2.35. The first kappa shape index (κ1) is 13.3. The zero-order valence-corrected chi connectivity index (χ0v) is 10.8. The first-order valence-corrected chi connectivity index (χ1v) is 6.29. The van der Waals surface area contributed by atoms with Crippen molar-refractivity contribution in [2.24, 2.45) is 0 Å². The highest BCUT2D eigenvalue weighted by Gasteiger charge is 2.18. The second-order valence-electron chi connectivity index (χ2n) is 3.86. The van der Waals surface area contributed by atoms with Crippen molar-refractivity contribution in [3.8, 4) is 0 Å². The molecule has 0 bridgehead atoms. The summed E-state index contributed by atoms with van der Waals surface area (Å²) in [6.07, 6.45) is 2.95. The predicted octanol–water partition coefficient (Wildman–Crippen LogP) is 2.71. The predicted molar refractivity (Wildman–Crippen MR) is 71.4 cm³/mol. The van der Waals surface area contributed by atoms with Crippen LogP contribution in [0, 0.1) is 10.1 Å². The van der Waals surface area contributed by atoms with Crippen LogP contribution >= 0.6 is 11.8 Å². The minimum atomic E-state index is -0.925. The molecule has 1 unspecified atom stereocenters. The smallest absolute Gasteiger partial charge is 0.316 e. The van der Waals surface area contributed by atoms with Crippen molar-refractivity contribution in [1.29, 1.82) is 0 Å². The van der Waals surface area contributed by atoms with Crippen molar-refractivity contribution < 1.29 is 14.8 Å². The quantitative estimate of drug-likeness (QED) is 0.525. The summed E-state index contributed by atoms with van der Waals surface area (Å²) in [6.45, 7) is 1.57. The molecule has 0 aliphatic heterocycles. The SMILES string of the molecule is CC(Sc1ccc([N+](=O)[O-])c2cnccc12)C(=O)O. The summed E-state index contributed by atoms with van der Waals surface area (Å²) in [4.78, 5) is 25.9. The molecule has 0 saturated heterocycles. The molecule has 1 aromatic carbocycles. The molecule has 1 N–H and O–H groups in total. The van der Waals surface area contributed by atoms with Gasteiger partial charge in [-0.2, -0.15) is 0 Å². The molecule has 0 spiro atoms. The lowest BCUT2D eigenvalue weighted by molar-refractivity contribution is -0.383. The lowest BCUT2D eigenvalue weighted by Crippen LogP contribution is -2.11. The normalized spacial score (nSPS) is 12.3. The number of fused-ring (bicyclic) bond motifs is 1. The average Bonchev–Trinajstić information content (AvgIpc) is 2.38. The number of hydrogen-bond donors (Lipinski definition) is 1. The van der Waals surface area contributed by atoms with Crippen LogP contribution in [0.2, 0.25) is 0 Å². The summed E-state index contributed by atoms with van der Waals surface area (Å²) in [5, 5.41) is 20.3. The molecule has 0 amide bonds. The van der Waals surface area contributed by atoms with Crippen molar-refractivity contribution >= 4 is 34.2 Å². The fraction of sp³-hybridized carbons (Fsp3) is 0.167. The van der Waals surface area contributed by atoms with Crippen molar-refractivity contribution in [1.82, 2.24) is 4.98 Å². The van der Waals surface area contributed by atoms with Crippen molar-refractivity contribution in [2.75, 3.05) is 0 Å². The van der Waals surface area contributed by atoms with E-state index in [1.165, 1.54) is 18.5 Å². The van der Waals surface area contributed by atoms with Crippen LogP contribution < -0.4 is 0 Å². The molecular weight excluding hydrogens is 268 g/mol. The molecular formula is C12H10N2O4S. The van der Waals surface area contributed by atoms with Crippen LogP contribution in [-0.2, 0) is 4.79 Å². The first-order chi connectivity index (χ1) is 9.00. The number of aliphatic carboxylic acids is 1. The number of carboxylic acid groups (broad SMARTS) is 1. The molecule has 19 heavy (non-hydrogen) atoms. The van der Waals surface area contributed by atoms with E-state index in [4.69, 9.17) is 5.11 Å². The largest absolute Gasteiger partial charge is 0.480 e. The molecule has 0 saturated carbocycles. The number of non-ortho nitro benzene ring substituents is 1. The van der Waals surface area contributed by atoms with Gasteiger partial charge in [-0.1, -0.05) is 0 Å². The maximum absolute atomic E-state index is 10.9. The molecule has 2 rings (SSSR count). The summed E-state index contributed by atoms with van der Waals surface area (Å²) < 4.78 is 0. The van der Waals surface area contributed by atoms with Gasteiger partial charge in [-0.05, 0) is 19.1 Å². The van der Waals surface area contributed by atoms with Crippen LogP contribution in [-0.4, -0.2) is 26.2 Å². The Bertz CT molecular complexity index is 659. The molecule has 0 fully saturated rings. The number of rotatable bonds is 4. The monoisotopic (exact) mass is 278 g/mol. The minimum Gasteiger partial charge on any atom is -0.480 e. The third-order valence-corrected chi connectivity index (χ3v) is 3.77. The maximum Gasteiger partial charge on any atom is 0.316 e. The van der Waals surface area contributed by atoms with Crippen molar-refractivity contribution in [2.45, 2.75) is 17.1 Å². The van der Waals surface area contributed by atoms with Crippen LogP contribution in [0.15, 0.2) is 35.5 Å². The average molecular weight is 278 g/mol. The summed E-state index contributed by atoms with van der Waals surface area (Å²) >= 11 is 1.15. The Morgan fingerprint density at radius 3 is 2.79 bits per heavy atom.